The van der Waals surface area contributed by atoms with E-state index in [-0.39, 0.29) is 17.4 Å². The predicted molar refractivity (Wildman–Crippen MR) is 120 cm³/mol. The van der Waals surface area contributed by atoms with E-state index >= 15 is 0 Å². The van der Waals surface area contributed by atoms with E-state index in [9.17, 15) is 9.59 Å². The van der Waals surface area contributed by atoms with Crippen LogP contribution in [0.25, 0.3) is 0 Å². The lowest BCUT2D eigenvalue weighted by atomic mass is 10.0. The molecule has 9 heteroatoms. The zero-order valence-corrected chi connectivity index (χ0v) is 18.4. The van der Waals surface area contributed by atoms with Gasteiger partial charge in [-0.2, -0.15) is 0 Å². The minimum atomic E-state index is -0.469. The summed E-state index contributed by atoms with van der Waals surface area (Å²) in [6.07, 6.45) is 6.00. The maximum absolute atomic E-state index is 12.2. The molecular formula is C23H28N6O3. The Kier molecular flexibility index (Phi) is 5.21. The van der Waals surface area contributed by atoms with Crippen molar-refractivity contribution in [3.8, 4) is 5.88 Å². The van der Waals surface area contributed by atoms with Gasteiger partial charge in [-0.25, -0.2) is 9.97 Å². The maximum atomic E-state index is 12.2. The van der Waals surface area contributed by atoms with E-state index in [1.807, 2.05) is 25.3 Å². The van der Waals surface area contributed by atoms with Gasteiger partial charge in [0.15, 0.2) is 6.10 Å². The van der Waals surface area contributed by atoms with E-state index < -0.39 is 6.10 Å². The summed E-state index contributed by atoms with van der Waals surface area (Å²) in [5.41, 5.74) is 3.25. The Balaban J connectivity index is 1.27. The Bertz CT molecular complexity index is 1030. The molecule has 168 valence electrons. The first-order chi connectivity index (χ1) is 15.5. The zero-order chi connectivity index (χ0) is 22.3. The summed E-state index contributed by atoms with van der Waals surface area (Å²) in [5, 5.41) is 5.55. The van der Waals surface area contributed by atoms with Crippen LogP contribution in [0.3, 0.4) is 0 Å². The molecule has 1 saturated heterocycles. The first-order valence-corrected chi connectivity index (χ1v) is 11.2. The van der Waals surface area contributed by atoms with E-state index in [2.05, 4.69) is 30.4 Å². The molecule has 2 aromatic rings. The van der Waals surface area contributed by atoms with Gasteiger partial charge in [0.05, 0.1) is 11.9 Å². The van der Waals surface area contributed by atoms with Gasteiger partial charge >= 0.3 is 0 Å². The Morgan fingerprint density at radius 2 is 2.00 bits per heavy atom. The van der Waals surface area contributed by atoms with Crippen LogP contribution in [-0.4, -0.2) is 66.0 Å². The van der Waals surface area contributed by atoms with Crippen LogP contribution in [-0.2, 0) is 10.3 Å². The Labute approximate surface area is 187 Å². The second-order valence-corrected chi connectivity index (χ2v) is 8.57. The van der Waals surface area contributed by atoms with Gasteiger partial charge in [0, 0.05) is 45.0 Å². The van der Waals surface area contributed by atoms with Crippen LogP contribution in [0, 0.1) is 0 Å². The summed E-state index contributed by atoms with van der Waals surface area (Å²) in [6.45, 7) is 5.55. The molecule has 32 heavy (non-hydrogen) atoms. The van der Waals surface area contributed by atoms with Gasteiger partial charge in [-0.05, 0) is 43.0 Å². The first kappa shape index (κ1) is 20.7. The number of fused-ring (bicyclic) bond motifs is 1. The molecule has 1 aliphatic carbocycles. The number of nitrogens with one attached hydrogen (secondary N) is 2. The smallest absolute Gasteiger partial charge is 0.269 e. The Morgan fingerprint density at radius 1 is 1.22 bits per heavy atom. The number of amides is 2. The number of pyridine rings is 2. The molecule has 1 atom stereocenters. The SMILES string of the molecule is CC[C@@H]1Oc2ncc(C3(N4CCN(c5ccc(C(=O)NC)nc5)CC4)CC3)cc2NC1=O. The summed E-state index contributed by atoms with van der Waals surface area (Å²) in [7, 11) is 1.60. The zero-order valence-electron chi connectivity index (χ0n) is 18.4. The van der Waals surface area contributed by atoms with Crippen molar-refractivity contribution in [1.29, 1.82) is 0 Å². The normalized spacial score (nSPS) is 21.9. The number of hydrogen-bond donors (Lipinski definition) is 2. The van der Waals surface area contributed by atoms with Crippen LogP contribution in [0.5, 0.6) is 5.88 Å². The van der Waals surface area contributed by atoms with Gasteiger partial charge in [-0.3, -0.25) is 14.5 Å². The largest absolute Gasteiger partial charge is 0.463 e. The van der Waals surface area contributed by atoms with Crippen molar-refractivity contribution in [1.82, 2.24) is 20.2 Å². The number of rotatable bonds is 5. The highest BCUT2D eigenvalue weighted by molar-refractivity contribution is 5.97. The number of nitrogens with zero attached hydrogens (tertiary/aromatic N) is 4. The van der Waals surface area contributed by atoms with E-state index in [1.54, 1.807) is 19.3 Å². The molecule has 9 nitrogen and oxygen atoms in total. The number of hydrogen-bond acceptors (Lipinski definition) is 7. The molecule has 2 N–H and O–H groups in total. The number of ether oxygens (including phenoxy) is 1. The third-order valence-electron chi connectivity index (χ3n) is 6.74. The molecule has 4 heterocycles. The molecule has 0 radical (unpaired) electrons. The second kappa shape index (κ2) is 8.05. The number of carbonyl (C=O) groups excluding carboxylic acids is 2. The summed E-state index contributed by atoms with van der Waals surface area (Å²) in [4.78, 5) is 37.6. The minimum absolute atomic E-state index is 0.0121. The van der Waals surface area contributed by atoms with Crippen LogP contribution in [0.15, 0.2) is 30.6 Å². The lowest BCUT2D eigenvalue weighted by molar-refractivity contribution is -0.123. The molecule has 2 amide bonds. The average Bonchev–Trinajstić information content (AvgIpc) is 3.65. The molecule has 1 saturated carbocycles. The van der Waals surface area contributed by atoms with Crippen molar-refractivity contribution in [3.05, 3.63) is 41.9 Å². The fourth-order valence-electron chi connectivity index (χ4n) is 4.69. The topological polar surface area (TPSA) is 99.7 Å². The second-order valence-electron chi connectivity index (χ2n) is 8.57. The predicted octanol–water partition coefficient (Wildman–Crippen LogP) is 1.76. The third-order valence-corrected chi connectivity index (χ3v) is 6.74. The summed E-state index contributed by atoms with van der Waals surface area (Å²) >= 11 is 0. The maximum Gasteiger partial charge on any atom is 0.269 e. The standard InChI is InChI=1S/C23H28N6O3/c1-3-19-21(31)27-18-12-15(13-26-22(18)32-19)23(6-7-23)29-10-8-28(9-11-29)16-4-5-17(25-14-16)20(30)24-2/h4-5,12-14,19H,3,6-11H2,1-2H3,(H,24,30)(H,27,31)/t19-/m0/s1. The lowest BCUT2D eigenvalue weighted by Crippen LogP contribution is -2.50. The molecule has 5 rings (SSSR count). The molecule has 0 spiro atoms. The lowest BCUT2D eigenvalue weighted by Gasteiger charge is -2.41. The summed E-state index contributed by atoms with van der Waals surface area (Å²) in [5.74, 6) is 0.226. The molecular weight excluding hydrogens is 408 g/mol. The van der Waals surface area contributed by atoms with Crippen LogP contribution in [0.4, 0.5) is 11.4 Å². The van der Waals surface area contributed by atoms with Gasteiger partial charge in [-0.15, -0.1) is 0 Å². The highest BCUT2D eigenvalue weighted by Crippen LogP contribution is 2.52. The molecule has 2 fully saturated rings. The molecule has 0 unspecified atom stereocenters. The van der Waals surface area contributed by atoms with E-state index in [0.29, 0.717) is 23.7 Å². The highest BCUT2D eigenvalue weighted by atomic mass is 16.5. The fraction of sp³-hybridized carbons (Fsp3) is 0.478. The van der Waals surface area contributed by atoms with Gasteiger partial charge in [0.25, 0.3) is 11.8 Å². The van der Waals surface area contributed by atoms with Gasteiger partial charge in [0.2, 0.25) is 5.88 Å². The van der Waals surface area contributed by atoms with Crippen molar-refractivity contribution in [2.75, 3.05) is 43.4 Å². The molecule has 2 aliphatic heterocycles. The number of aromatic nitrogens is 2. The van der Waals surface area contributed by atoms with Crippen molar-refractivity contribution >= 4 is 23.2 Å². The van der Waals surface area contributed by atoms with Gasteiger partial charge in [0.1, 0.15) is 11.4 Å². The summed E-state index contributed by atoms with van der Waals surface area (Å²) < 4.78 is 5.75. The molecule has 0 bridgehead atoms. The Hall–Kier alpha value is -3.20. The van der Waals surface area contributed by atoms with E-state index in [0.717, 1.165) is 50.3 Å². The van der Waals surface area contributed by atoms with Crippen molar-refractivity contribution in [2.45, 2.75) is 37.8 Å². The van der Waals surface area contributed by atoms with Crippen LogP contribution in [0.2, 0.25) is 0 Å². The van der Waals surface area contributed by atoms with Crippen LogP contribution >= 0.6 is 0 Å². The monoisotopic (exact) mass is 436 g/mol. The van der Waals surface area contributed by atoms with Crippen LogP contribution < -0.4 is 20.3 Å². The quantitative estimate of drug-likeness (QED) is 0.737. The van der Waals surface area contributed by atoms with Gasteiger partial charge < -0.3 is 20.3 Å². The number of anilines is 2. The first-order valence-electron chi connectivity index (χ1n) is 11.2. The van der Waals surface area contributed by atoms with Gasteiger partial charge in [-0.1, -0.05) is 6.92 Å². The molecule has 2 aromatic heterocycles. The van der Waals surface area contributed by atoms with E-state index in [4.69, 9.17) is 4.74 Å². The average molecular weight is 437 g/mol. The van der Waals surface area contributed by atoms with Crippen molar-refractivity contribution in [3.63, 3.8) is 0 Å². The molecule has 0 aromatic carbocycles. The fourth-order valence-corrected chi connectivity index (χ4v) is 4.69. The third kappa shape index (κ3) is 3.56. The van der Waals surface area contributed by atoms with Crippen LogP contribution in [0.1, 0.15) is 42.2 Å². The van der Waals surface area contributed by atoms with Crippen molar-refractivity contribution in [2.24, 2.45) is 0 Å². The Morgan fingerprint density at radius 3 is 2.62 bits per heavy atom. The number of carbonyl (C=O) groups is 2. The summed E-state index contributed by atoms with van der Waals surface area (Å²) in [6, 6.07) is 5.76. The number of piperazine rings is 1. The minimum Gasteiger partial charge on any atom is -0.463 e. The highest BCUT2D eigenvalue weighted by Gasteiger charge is 2.50. The molecule has 3 aliphatic rings. The van der Waals surface area contributed by atoms with E-state index in [1.165, 1.54) is 0 Å². The van der Waals surface area contributed by atoms with Crippen molar-refractivity contribution < 1.29 is 14.3 Å².